The van der Waals surface area contributed by atoms with Crippen molar-refractivity contribution in [3.8, 4) is 0 Å². The van der Waals surface area contributed by atoms with E-state index in [-0.39, 0.29) is 11.8 Å². The SMILES string of the molecule is O=C(C1CC2CCC1C2)N1CCN(S(=O)(=O)/C=C/c2ccccc2)CC1. The average Bonchev–Trinajstić information content (AvgIpc) is 3.30. The summed E-state index contributed by atoms with van der Waals surface area (Å²) in [6.07, 6.45) is 6.37. The van der Waals surface area contributed by atoms with Crippen LogP contribution in [0.4, 0.5) is 0 Å². The lowest BCUT2D eigenvalue weighted by Gasteiger charge is -2.36. The van der Waals surface area contributed by atoms with E-state index in [1.165, 1.54) is 29.0 Å². The largest absolute Gasteiger partial charge is 0.340 e. The monoisotopic (exact) mass is 374 g/mol. The van der Waals surface area contributed by atoms with Crippen molar-refractivity contribution in [2.75, 3.05) is 26.2 Å². The molecule has 0 aromatic heterocycles. The molecule has 1 aliphatic heterocycles. The molecule has 26 heavy (non-hydrogen) atoms. The van der Waals surface area contributed by atoms with Gasteiger partial charge in [-0.2, -0.15) is 4.31 Å². The third-order valence-corrected chi connectivity index (χ3v) is 7.76. The number of benzene rings is 1. The number of carbonyl (C=O) groups excluding carboxylic acids is 1. The Balaban J connectivity index is 1.34. The van der Waals surface area contributed by atoms with E-state index >= 15 is 0 Å². The first kappa shape index (κ1) is 17.7. The number of hydrogen-bond acceptors (Lipinski definition) is 3. The summed E-state index contributed by atoms with van der Waals surface area (Å²) < 4.78 is 26.5. The van der Waals surface area contributed by atoms with E-state index < -0.39 is 10.0 Å². The van der Waals surface area contributed by atoms with Gasteiger partial charge in [0.05, 0.1) is 0 Å². The second-order valence-electron chi connectivity index (χ2n) is 7.76. The molecule has 1 aromatic rings. The van der Waals surface area contributed by atoms with Gasteiger partial charge in [0.15, 0.2) is 0 Å². The lowest BCUT2D eigenvalue weighted by Crippen LogP contribution is -2.52. The number of rotatable bonds is 4. The van der Waals surface area contributed by atoms with Crippen molar-refractivity contribution in [2.24, 2.45) is 17.8 Å². The summed E-state index contributed by atoms with van der Waals surface area (Å²) in [7, 11) is -3.44. The van der Waals surface area contributed by atoms with Gasteiger partial charge in [-0.05, 0) is 42.7 Å². The summed E-state index contributed by atoms with van der Waals surface area (Å²) in [6.45, 7) is 1.78. The minimum Gasteiger partial charge on any atom is -0.340 e. The molecule has 0 N–H and O–H groups in total. The molecule has 2 aliphatic carbocycles. The average molecular weight is 375 g/mol. The highest BCUT2D eigenvalue weighted by Crippen LogP contribution is 2.48. The molecule has 3 atom stereocenters. The lowest BCUT2D eigenvalue weighted by atomic mass is 9.87. The molecule has 3 aliphatic rings. The summed E-state index contributed by atoms with van der Waals surface area (Å²) >= 11 is 0. The molecule has 2 saturated carbocycles. The minimum absolute atomic E-state index is 0.190. The number of amides is 1. The molecule has 1 amide bonds. The fourth-order valence-electron chi connectivity index (χ4n) is 4.76. The maximum atomic E-state index is 12.8. The quantitative estimate of drug-likeness (QED) is 0.814. The van der Waals surface area contributed by atoms with E-state index in [4.69, 9.17) is 0 Å². The van der Waals surface area contributed by atoms with Crippen molar-refractivity contribution < 1.29 is 13.2 Å². The van der Waals surface area contributed by atoms with E-state index in [9.17, 15) is 13.2 Å². The van der Waals surface area contributed by atoms with Crippen LogP contribution in [-0.2, 0) is 14.8 Å². The van der Waals surface area contributed by atoms with Crippen LogP contribution in [0, 0.1) is 17.8 Å². The zero-order valence-electron chi connectivity index (χ0n) is 15.0. The van der Waals surface area contributed by atoms with Crippen LogP contribution in [-0.4, -0.2) is 49.7 Å². The second kappa shape index (κ2) is 7.16. The first-order valence-electron chi connectivity index (χ1n) is 9.55. The van der Waals surface area contributed by atoms with Gasteiger partial charge in [0.25, 0.3) is 0 Å². The van der Waals surface area contributed by atoms with Crippen LogP contribution in [0.1, 0.15) is 31.2 Å². The van der Waals surface area contributed by atoms with Crippen molar-refractivity contribution in [1.82, 2.24) is 9.21 Å². The Labute approximate surface area is 155 Å². The van der Waals surface area contributed by atoms with E-state index in [0.29, 0.717) is 32.1 Å². The van der Waals surface area contributed by atoms with Crippen molar-refractivity contribution in [2.45, 2.75) is 25.7 Å². The van der Waals surface area contributed by atoms with Gasteiger partial charge < -0.3 is 4.90 Å². The number of carbonyl (C=O) groups is 1. The van der Waals surface area contributed by atoms with Crippen LogP contribution in [0.15, 0.2) is 35.7 Å². The molecule has 1 heterocycles. The summed E-state index contributed by atoms with van der Waals surface area (Å²) in [5, 5.41) is 1.27. The predicted molar refractivity (Wildman–Crippen MR) is 101 cm³/mol. The number of nitrogens with zero attached hydrogens (tertiary/aromatic N) is 2. The zero-order valence-corrected chi connectivity index (χ0v) is 15.8. The highest BCUT2D eigenvalue weighted by molar-refractivity contribution is 7.92. The van der Waals surface area contributed by atoms with Gasteiger partial charge in [0.1, 0.15) is 0 Å². The highest BCUT2D eigenvalue weighted by Gasteiger charge is 2.44. The Morgan fingerprint density at radius 3 is 2.35 bits per heavy atom. The van der Waals surface area contributed by atoms with Crippen LogP contribution >= 0.6 is 0 Å². The van der Waals surface area contributed by atoms with E-state index in [2.05, 4.69) is 0 Å². The maximum absolute atomic E-state index is 12.8. The Hall–Kier alpha value is -1.66. The topological polar surface area (TPSA) is 57.7 Å². The first-order chi connectivity index (χ1) is 12.5. The van der Waals surface area contributed by atoms with E-state index in [1.54, 1.807) is 6.08 Å². The summed E-state index contributed by atoms with van der Waals surface area (Å²) in [4.78, 5) is 14.7. The van der Waals surface area contributed by atoms with Crippen LogP contribution < -0.4 is 0 Å². The molecule has 5 nitrogen and oxygen atoms in total. The molecule has 6 heteroatoms. The molecule has 0 radical (unpaired) electrons. The van der Waals surface area contributed by atoms with Gasteiger partial charge in [0, 0.05) is 37.5 Å². The molecule has 0 spiro atoms. The molecule has 140 valence electrons. The predicted octanol–water partition coefficient (Wildman–Crippen LogP) is 2.57. The highest BCUT2D eigenvalue weighted by atomic mass is 32.2. The van der Waals surface area contributed by atoms with Crippen LogP contribution in [0.3, 0.4) is 0 Å². The Bertz CT molecular complexity index is 783. The van der Waals surface area contributed by atoms with E-state index in [1.807, 2.05) is 35.2 Å². The fourth-order valence-corrected chi connectivity index (χ4v) is 5.93. The fraction of sp³-hybridized carbons (Fsp3) is 0.550. The number of hydrogen-bond donors (Lipinski definition) is 0. The standard InChI is InChI=1S/C20H26N2O3S/c23-20(19-15-17-6-7-18(19)14-17)21-9-11-22(12-10-21)26(24,25)13-8-16-4-2-1-3-5-16/h1-5,8,13,17-19H,6-7,9-12,14-15H2/b13-8+. The van der Waals surface area contributed by atoms with Gasteiger partial charge in [-0.15, -0.1) is 0 Å². The van der Waals surface area contributed by atoms with Crippen molar-refractivity contribution in [3.05, 3.63) is 41.3 Å². The first-order valence-corrected chi connectivity index (χ1v) is 11.1. The van der Waals surface area contributed by atoms with Crippen molar-refractivity contribution in [3.63, 3.8) is 0 Å². The molecule has 1 aromatic carbocycles. The van der Waals surface area contributed by atoms with Crippen LogP contribution in [0.5, 0.6) is 0 Å². The van der Waals surface area contributed by atoms with Crippen LogP contribution in [0.25, 0.3) is 6.08 Å². The third kappa shape index (κ3) is 3.58. The minimum atomic E-state index is -3.44. The Morgan fingerprint density at radius 2 is 1.73 bits per heavy atom. The van der Waals surface area contributed by atoms with Gasteiger partial charge >= 0.3 is 0 Å². The van der Waals surface area contributed by atoms with E-state index in [0.717, 1.165) is 17.9 Å². The van der Waals surface area contributed by atoms with Gasteiger partial charge in [-0.1, -0.05) is 36.8 Å². The van der Waals surface area contributed by atoms with Crippen molar-refractivity contribution in [1.29, 1.82) is 0 Å². The third-order valence-electron chi connectivity index (χ3n) is 6.20. The smallest absolute Gasteiger partial charge is 0.236 e. The molecule has 1 saturated heterocycles. The molecular weight excluding hydrogens is 348 g/mol. The lowest BCUT2D eigenvalue weighted by molar-refractivity contribution is -0.138. The second-order valence-corrected chi connectivity index (χ2v) is 9.58. The Kier molecular flexibility index (Phi) is 4.88. The molecular formula is C20H26N2O3S. The molecule has 3 unspecified atom stereocenters. The van der Waals surface area contributed by atoms with Crippen molar-refractivity contribution >= 4 is 22.0 Å². The summed E-state index contributed by atoms with van der Waals surface area (Å²) in [6, 6.07) is 9.41. The van der Waals surface area contributed by atoms with Gasteiger partial charge in [-0.25, -0.2) is 8.42 Å². The van der Waals surface area contributed by atoms with Crippen LogP contribution in [0.2, 0.25) is 0 Å². The molecule has 3 fully saturated rings. The number of fused-ring (bicyclic) bond motifs is 2. The number of sulfonamides is 1. The maximum Gasteiger partial charge on any atom is 0.236 e. The summed E-state index contributed by atoms with van der Waals surface area (Å²) in [5.74, 6) is 1.77. The normalized spacial score (nSPS) is 29.5. The van der Waals surface area contributed by atoms with Gasteiger partial charge in [-0.3, -0.25) is 4.79 Å². The Morgan fingerprint density at radius 1 is 1.00 bits per heavy atom. The van der Waals surface area contributed by atoms with Gasteiger partial charge in [0.2, 0.25) is 15.9 Å². The molecule has 4 rings (SSSR count). The molecule has 2 bridgehead atoms. The number of piperazine rings is 1. The zero-order chi connectivity index (χ0) is 18.1. The summed E-state index contributed by atoms with van der Waals surface area (Å²) in [5.41, 5.74) is 0.862.